The fourth-order valence-electron chi connectivity index (χ4n) is 3.45. The Balaban J connectivity index is 1.46. The number of hydrogen-bond acceptors (Lipinski definition) is 5. The number of aromatic amines is 1. The van der Waals surface area contributed by atoms with Crippen LogP contribution in [0.3, 0.4) is 0 Å². The Morgan fingerprint density at radius 1 is 1.23 bits per heavy atom. The molecule has 2 heterocycles. The summed E-state index contributed by atoms with van der Waals surface area (Å²) in [7, 11) is 0. The Kier molecular flexibility index (Phi) is 5.42. The molecule has 8 nitrogen and oxygen atoms in total. The van der Waals surface area contributed by atoms with Gasteiger partial charge in [0.1, 0.15) is 5.82 Å². The second-order valence-corrected chi connectivity index (χ2v) is 6.84. The van der Waals surface area contributed by atoms with Crippen molar-refractivity contribution in [2.75, 3.05) is 24.5 Å². The lowest BCUT2D eigenvalue weighted by Gasteiger charge is -2.23. The molecular weight excluding hydrogens is 387 g/mol. The molecule has 0 radical (unpaired) electrons. The smallest absolute Gasteiger partial charge is 0.277 e. The summed E-state index contributed by atoms with van der Waals surface area (Å²) in [5.74, 6) is -0.952. The fraction of sp³-hybridized carbons (Fsp3) is 0.238. The lowest BCUT2D eigenvalue weighted by Crippen LogP contribution is -2.30. The molecule has 0 bridgehead atoms. The van der Waals surface area contributed by atoms with Gasteiger partial charge in [0.15, 0.2) is 11.2 Å². The molecule has 0 saturated carbocycles. The minimum Gasteiger partial charge on any atom is -0.372 e. The van der Waals surface area contributed by atoms with Crippen molar-refractivity contribution in [1.29, 1.82) is 0 Å². The number of anilines is 1. The van der Waals surface area contributed by atoms with Gasteiger partial charge in [0.25, 0.3) is 11.5 Å². The molecule has 2 aromatic carbocycles. The number of rotatable bonds is 7. The molecule has 0 fully saturated rings. The van der Waals surface area contributed by atoms with E-state index in [9.17, 15) is 14.0 Å². The van der Waals surface area contributed by atoms with Gasteiger partial charge in [-0.05, 0) is 43.7 Å². The molecule has 0 saturated heterocycles. The van der Waals surface area contributed by atoms with Crippen molar-refractivity contribution in [3.63, 3.8) is 0 Å². The van der Waals surface area contributed by atoms with E-state index in [0.717, 1.165) is 25.2 Å². The van der Waals surface area contributed by atoms with Crippen molar-refractivity contribution >= 4 is 28.1 Å². The monoisotopic (exact) mass is 408 g/mol. The Morgan fingerprint density at radius 2 is 2.03 bits per heavy atom. The van der Waals surface area contributed by atoms with E-state index in [0.29, 0.717) is 12.1 Å². The first-order valence-electron chi connectivity index (χ1n) is 9.73. The molecule has 1 amide bonds. The first-order valence-corrected chi connectivity index (χ1v) is 9.73. The van der Waals surface area contributed by atoms with Crippen LogP contribution in [0.15, 0.2) is 53.3 Å². The zero-order chi connectivity index (χ0) is 21.1. The molecule has 2 N–H and O–H groups in total. The number of carbonyl (C=O) groups is 1. The molecule has 0 unspecified atom stereocenters. The van der Waals surface area contributed by atoms with Gasteiger partial charge in [0.05, 0.1) is 11.0 Å². The average Bonchev–Trinajstić information content (AvgIpc) is 3.20. The molecule has 0 aliphatic rings. The molecule has 0 aliphatic carbocycles. The van der Waals surface area contributed by atoms with Crippen LogP contribution in [-0.4, -0.2) is 45.4 Å². The van der Waals surface area contributed by atoms with E-state index in [-0.39, 0.29) is 16.7 Å². The van der Waals surface area contributed by atoms with Crippen molar-refractivity contribution in [3.05, 3.63) is 70.4 Å². The number of H-pyrrole nitrogens is 1. The highest BCUT2D eigenvalue weighted by molar-refractivity contribution is 5.99. The van der Waals surface area contributed by atoms with Gasteiger partial charge in [0.2, 0.25) is 0 Å². The highest BCUT2D eigenvalue weighted by Crippen LogP contribution is 2.15. The molecule has 2 aromatic heterocycles. The minimum atomic E-state index is -0.551. The third kappa shape index (κ3) is 3.73. The molecule has 4 aromatic rings. The van der Waals surface area contributed by atoms with Crippen molar-refractivity contribution in [1.82, 2.24) is 25.1 Å². The van der Waals surface area contributed by atoms with Crippen LogP contribution < -0.4 is 15.8 Å². The summed E-state index contributed by atoms with van der Waals surface area (Å²) in [5.41, 5.74) is 1.29. The van der Waals surface area contributed by atoms with Crippen LogP contribution in [0.4, 0.5) is 10.1 Å². The van der Waals surface area contributed by atoms with Crippen LogP contribution in [0.1, 0.15) is 23.8 Å². The maximum Gasteiger partial charge on any atom is 0.277 e. The molecule has 0 spiro atoms. The van der Waals surface area contributed by atoms with E-state index in [1.165, 1.54) is 22.7 Å². The lowest BCUT2D eigenvalue weighted by atomic mass is 10.2. The van der Waals surface area contributed by atoms with Crippen molar-refractivity contribution in [2.24, 2.45) is 0 Å². The highest BCUT2D eigenvalue weighted by Gasteiger charge is 2.19. The largest absolute Gasteiger partial charge is 0.372 e. The molecular formula is C21H21FN6O2. The zero-order valence-electron chi connectivity index (χ0n) is 16.4. The molecule has 154 valence electrons. The minimum absolute atomic E-state index is 0.0334. The zero-order valence-corrected chi connectivity index (χ0v) is 16.4. The third-order valence-electron chi connectivity index (χ3n) is 4.93. The topological polar surface area (TPSA) is 95.4 Å². The summed E-state index contributed by atoms with van der Waals surface area (Å²) in [4.78, 5) is 29.8. The average molecular weight is 408 g/mol. The number of benzene rings is 2. The molecule has 0 aliphatic heterocycles. The number of para-hydroxylation sites is 1. The Morgan fingerprint density at radius 3 is 2.80 bits per heavy atom. The molecule has 0 atom stereocenters. The molecule has 9 heteroatoms. The Bertz CT molecular complexity index is 1250. The SMILES string of the molecule is CCN(CCCNC(=O)c1nnn2c1c(=O)[nH]c1cc(F)ccc12)c1ccccc1. The number of nitrogens with zero attached hydrogens (tertiary/aromatic N) is 4. The number of fused-ring (bicyclic) bond motifs is 3. The van der Waals surface area contributed by atoms with Gasteiger partial charge in [-0.3, -0.25) is 9.59 Å². The van der Waals surface area contributed by atoms with Crippen LogP contribution in [-0.2, 0) is 0 Å². The van der Waals surface area contributed by atoms with Crippen molar-refractivity contribution < 1.29 is 9.18 Å². The van der Waals surface area contributed by atoms with Crippen LogP contribution in [0, 0.1) is 5.82 Å². The number of amides is 1. The van der Waals surface area contributed by atoms with E-state index < -0.39 is 17.3 Å². The summed E-state index contributed by atoms with van der Waals surface area (Å²) < 4.78 is 14.7. The summed E-state index contributed by atoms with van der Waals surface area (Å²) in [6, 6.07) is 14.0. The summed E-state index contributed by atoms with van der Waals surface area (Å²) >= 11 is 0. The van der Waals surface area contributed by atoms with E-state index in [4.69, 9.17) is 0 Å². The van der Waals surface area contributed by atoms with Crippen molar-refractivity contribution in [2.45, 2.75) is 13.3 Å². The van der Waals surface area contributed by atoms with E-state index >= 15 is 0 Å². The second-order valence-electron chi connectivity index (χ2n) is 6.84. The van der Waals surface area contributed by atoms with Gasteiger partial charge in [-0.2, -0.15) is 0 Å². The second kappa shape index (κ2) is 8.32. The third-order valence-corrected chi connectivity index (χ3v) is 4.93. The van der Waals surface area contributed by atoms with Gasteiger partial charge in [-0.25, -0.2) is 8.91 Å². The first-order chi connectivity index (χ1) is 14.6. The van der Waals surface area contributed by atoms with Gasteiger partial charge < -0.3 is 15.2 Å². The van der Waals surface area contributed by atoms with Gasteiger partial charge >= 0.3 is 0 Å². The predicted molar refractivity (Wildman–Crippen MR) is 112 cm³/mol. The molecule has 30 heavy (non-hydrogen) atoms. The normalized spacial score (nSPS) is 11.1. The fourth-order valence-corrected chi connectivity index (χ4v) is 3.45. The van der Waals surface area contributed by atoms with Crippen LogP contribution >= 0.6 is 0 Å². The summed E-state index contributed by atoms with van der Waals surface area (Å²) in [6.07, 6.45) is 0.728. The van der Waals surface area contributed by atoms with Gasteiger partial charge in [-0.15, -0.1) is 5.10 Å². The quantitative estimate of drug-likeness (QED) is 0.458. The van der Waals surface area contributed by atoms with Crippen LogP contribution in [0.5, 0.6) is 0 Å². The number of halogens is 1. The lowest BCUT2D eigenvalue weighted by molar-refractivity contribution is 0.0950. The Hall–Kier alpha value is -3.75. The molecule has 4 rings (SSSR count). The maximum absolute atomic E-state index is 13.4. The standard InChI is InChI=1S/C21H21FN6O2/c1-2-27(15-7-4-3-5-8-15)12-6-11-23-20(29)18-19-21(30)24-16-13-14(22)9-10-17(16)28(19)26-25-18/h3-5,7-10,13H,2,6,11-12H2,1H3,(H,23,29)(H,24,30). The van der Waals surface area contributed by atoms with Crippen molar-refractivity contribution in [3.8, 4) is 0 Å². The van der Waals surface area contributed by atoms with Gasteiger partial charge in [0, 0.05) is 25.3 Å². The van der Waals surface area contributed by atoms with Crippen LogP contribution in [0.25, 0.3) is 16.6 Å². The number of carbonyl (C=O) groups excluding carboxylic acids is 1. The number of nitrogens with one attached hydrogen (secondary N) is 2. The predicted octanol–water partition coefficient (Wildman–Crippen LogP) is 2.36. The van der Waals surface area contributed by atoms with E-state index in [1.807, 2.05) is 30.3 Å². The summed E-state index contributed by atoms with van der Waals surface area (Å²) in [6.45, 7) is 4.14. The summed E-state index contributed by atoms with van der Waals surface area (Å²) in [5, 5.41) is 10.6. The first kappa shape index (κ1) is 19.6. The number of hydrogen-bond donors (Lipinski definition) is 2. The maximum atomic E-state index is 13.4. The number of aromatic nitrogens is 4. The van der Waals surface area contributed by atoms with Crippen LogP contribution in [0.2, 0.25) is 0 Å². The van der Waals surface area contributed by atoms with E-state index in [1.54, 1.807) is 0 Å². The van der Waals surface area contributed by atoms with Gasteiger partial charge in [-0.1, -0.05) is 23.4 Å². The van der Waals surface area contributed by atoms with E-state index in [2.05, 4.69) is 32.4 Å². The highest BCUT2D eigenvalue weighted by atomic mass is 19.1. The Labute approximate surface area is 171 Å².